The summed E-state index contributed by atoms with van der Waals surface area (Å²) in [6.07, 6.45) is 3.86. The highest BCUT2D eigenvalue weighted by molar-refractivity contribution is 7.98. The van der Waals surface area contributed by atoms with Crippen molar-refractivity contribution in [1.29, 1.82) is 0 Å². The van der Waals surface area contributed by atoms with E-state index in [0.29, 0.717) is 6.61 Å². The Bertz CT molecular complexity index is 1140. The Kier molecular flexibility index (Phi) is 6.89. The summed E-state index contributed by atoms with van der Waals surface area (Å²) in [6.45, 7) is 7.67. The lowest BCUT2D eigenvalue weighted by molar-refractivity contribution is 0.209. The lowest BCUT2D eigenvalue weighted by Gasteiger charge is -2.21. The van der Waals surface area contributed by atoms with Crippen molar-refractivity contribution in [3.8, 4) is 11.6 Å². The van der Waals surface area contributed by atoms with E-state index in [1.807, 2.05) is 36.7 Å². The molecule has 0 unspecified atom stereocenters. The third-order valence-electron chi connectivity index (χ3n) is 5.41. The van der Waals surface area contributed by atoms with Crippen LogP contribution in [0.3, 0.4) is 0 Å². The van der Waals surface area contributed by atoms with E-state index in [4.69, 9.17) is 9.72 Å². The number of imidazole rings is 1. The van der Waals surface area contributed by atoms with Gasteiger partial charge in [0, 0.05) is 24.8 Å². The quantitative estimate of drug-likeness (QED) is 0.334. The van der Waals surface area contributed by atoms with Crippen LogP contribution < -0.4 is 4.74 Å². The van der Waals surface area contributed by atoms with Crippen molar-refractivity contribution in [1.82, 2.24) is 19.4 Å². The second-order valence-electron chi connectivity index (χ2n) is 7.38. The first kappa shape index (κ1) is 21.4. The van der Waals surface area contributed by atoms with Gasteiger partial charge in [-0.15, -0.1) is 0 Å². The molecule has 6 heteroatoms. The zero-order valence-corrected chi connectivity index (χ0v) is 19.1. The molecular formula is C25H28N4OS. The van der Waals surface area contributed by atoms with E-state index in [2.05, 4.69) is 64.7 Å². The minimum Gasteiger partial charge on any atom is -0.492 e. The number of fused-ring (bicyclic) bond motifs is 1. The van der Waals surface area contributed by atoms with Crippen LogP contribution in [0, 0.1) is 6.92 Å². The average molecular weight is 433 g/mol. The lowest BCUT2D eigenvalue weighted by Crippen LogP contribution is -2.28. The smallest absolute Gasteiger partial charge is 0.174 e. The molecule has 0 amide bonds. The normalized spacial score (nSPS) is 11.4. The van der Waals surface area contributed by atoms with Crippen LogP contribution in [0.4, 0.5) is 0 Å². The van der Waals surface area contributed by atoms with Gasteiger partial charge in [-0.25, -0.2) is 9.97 Å². The number of nitrogens with zero attached hydrogens (tertiary/aromatic N) is 4. The van der Waals surface area contributed by atoms with Crippen molar-refractivity contribution < 1.29 is 4.74 Å². The number of likely N-dealkylation sites (N-methyl/N-ethyl adjacent to an activating group) is 1. The fourth-order valence-electron chi connectivity index (χ4n) is 3.71. The van der Waals surface area contributed by atoms with E-state index in [-0.39, 0.29) is 0 Å². The van der Waals surface area contributed by atoms with Crippen LogP contribution in [-0.4, -0.2) is 45.4 Å². The minimum absolute atomic E-state index is 0.630. The fourth-order valence-corrected chi connectivity index (χ4v) is 4.27. The standard InChI is InChI=1S/C25H28N4OS/c1-4-28(18-20-10-6-5-7-11-20)16-17-30-23-14-15-26-24(19(23)2)29-22-13-9-8-12-21(22)27-25(29)31-3/h5-15H,4,16-18H2,1-3H3. The van der Waals surface area contributed by atoms with Crippen LogP contribution in [0.25, 0.3) is 16.9 Å². The highest BCUT2D eigenvalue weighted by atomic mass is 32.2. The summed E-state index contributed by atoms with van der Waals surface area (Å²) in [7, 11) is 0. The summed E-state index contributed by atoms with van der Waals surface area (Å²) in [4.78, 5) is 11.8. The molecule has 0 radical (unpaired) electrons. The molecule has 0 saturated carbocycles. The topological polar surface area (TPSA) is 43.2 Å². The molecule has 0 aliphatic rings. The molecule has 160 valence electrons. The van der Waals surface area contributed by atoms with Crippen LogP contribution in [0.1, 0.15) is 18.1 Å². The van der Waals surface area contributed by atoms with Gasteiger partial charge in [0.15, 0.2) is 5.16 Å². The highest BCUT2D eigenvalue weighted by Crippen LogP contribution is 2.30. The van der Waals surface area contributed by atoms with Gasteiger partial charge in [0.05, 0.1) is 11.0 Å². The first-order chi connectivity index (χ1) is 15.2. The Hall–Kier alpha value is -2.83. The third-order valence-corrected chi connectivity index (χ3v) is 6.05. The first-order valence-electron chi connectivity index (χ1n) is 10.6. The van der Waals surface area contributed by atoms with Crippen molar-refractivity contribution in [2.45, 2.75) is 25.5 Å². The molecule has 31 heavy (non-hydrogen) atoms. The molecule has 0 fully saturated rings. The van der Waals surface area contributed by atoms with E-state index < -0.39 is 0 Å². The van der Waals surface area contributed by atoms with E-state index in [9.17, 15) is 0 Å². The van der Waals surface area contributed by atoms with Crippen LogP contribution in [0.5, 0.6) is 5.75 Å². The molecule has 5 nitrogen and oxygen atoms in total. The number of aromatic nitrogens is 3. The van der Waals surface area contributed by atoms with Crippen molar-refractivity contribution >= 4 is 22.8 Å². The summed E-state index contributed by atoms with van der Waals surface area (Å²) in [6, 6.07) is 20.7. The zero-order valence-electron chi connectivity index (χ0n) is 18.3. The van der Waals surface area contributed by atoms with Gasteiger partial charge in [0.25, 0.3) is 0 Å². The molecule has 0 atom stereocenters. The van der Waals surface area contributed by atoms with Crippen LogP contribution in [0.15, 0.2) is 72.0 Å². The molecule has 0 aliphatic carbocycles. The van der Waals surface area contributed by atoms with Gasteiger partial charge >= 0.3 is 0 Å². The minimum atomic E-state index is 0.630. The van der Waals surface area contributed by atoms with E-state index in [1.54, 1.807) is 11.8 Å². The summed E-state index contributed by atoms with van der Waals surface area (Å²) < 4.78 is 8.33. The van der Waals surface area contributed by atoms with Crippen LogP contribution >= 0.6 is 11.8 Å². The third kappa shape index (κ3) is 4.75. The van der Waals surface area contributed by atoms with Gasteiger partial charge in [0.1, 0.15) is 18.2 Å². The largest absolute Gasteiger partial charge is 0.492 e. The fraction of sp³-hybridized carbons (Fsp3) is 0.280. The summed E-state index contributed by atoms with van der Waals surface area (Å²) in [5.41, 5.74) is 4.37. The number of pyridine rings is 1. The Morgan fingerprint density at radius 1 is 1.03 bits per heavy atom. The van der Waals surface area contributed by atoms with Crippen molar-refractivity contribution in [3.05, 3.63) is 78.0 Å². The number of benzene rings is 2. The van der Waals surface area contributed by atoms with E-state index >= 15 is 0 Å². The van der Waals surface area contributed by atoms with Gasteiger partial charge in [-0.2, -0.15) is 0 Å². The predicted octanol–water partition coefficient (Wildman–Crippen LogP) is 5.35. The van der Waals surface area contributed by atoms with Gasteiger partial charge in [-0.05, 0) is 43.5 Å². The maximum absolute atomic E-state index is 6.21. The summed E-state index contributed by atoms with van der Waals surface area (Å²) in [5, 5.41) is 0.925. The van der Waals surface area contributed by atoms with Crippen molar-refractivity contribution in [2.24, 2.45) is 0 Å². The van der Waals surface area contributed by atoms with Gasteiger partial charge in [0.2, 0.25) is 0 Å². The van der Waals surface area contributed by atoms with E-state index in [0.717, 1.165) is 53.0 Å². The monoisotopic (exact) mass is 432 g/mol. The highest BCUT2D eigenvalue weighted by Gasteiger charge is 2.16. The van der Waals surface area contributed by atoms with Crippen LogP contribution in [0.2, 0.25) is 0 Å². The maximum Gasteiger partial charge on any atom is 0.174 e. The number of ether oxygens (including phenoxy) is 1. The number of rotatable bonds is 9. The number of para-hydroxylation sites is 2. The molecule has 2 aromatic heterocycles. The second-order valence-corrected chi connectivity index (χ2v) is 8.16. The molecule has 4 aromatic rings. The van der Waals surface area contributed by atoms with E-state index in [1.165, 1.54) is 5.56 Å². The summed E-state index contributed by atoms with van der Waals surface area (Å²) in [5.74, 6) is 1.73. The molecule has 0 aliphatic heterocycles. The maximum atomic E-state index is 6.21. The molecule has 4 rings (SSSR count). The SMILES string of the molecule is CCN(CCOc1ccnc(-n2c(SC)nc3ccccc32)c1C)Cc1ccccc1. The lowest BCUT2D eigenvalue weighted by atomic mass is 10.2. The molecule has 0 spiro atoms. The number of hydrogen-bond acceptors (Lipinski definition) is 5. The average Bonchev–Trinajstić information content (AvgIpc) is 3.18. The Labute approximate surface area is 188 Å². The Balaban J connectivity index is 1.51. The molecule has 0 N–H and O–H groups in total. The molecule has 2 aromatic carbocycles. The van der Waals surface area contributed by atoms with Crippen molar-refractivity contribution in [2.75, 3.05) is 26.0 Å². The Morgan fingerprint density at radius 2 is 1.81 bits per heavy atom. The summed E-state index contributed by atoms with van der Waals surface area (Å²) >= 11 is 1.62. The van der Waals surface area contributed by atoms with Gasteiger partial charge < -0.3 is 4.74 Å². The Morgan fingerprint density at radius 3 is 2.58 bits per heavy atom. The molecule has 0 bridgehead atoms. The molecule has 2 heterocycles. The number of hydrogen-bond donors (Lipinski definition) is 0. The zero-order chi connectivity index (χ0) is 21.6. The van der Waals surface area contributed by atoms with Gasteiger partial charge in [-0.3, -0.25) is 9.47 Å². The molecular weight excluding hydrogens is 404 g/mol. The van der Waals surface area contributed by atoms with Gasteiger partial charge in [-0.1, -0.05) is 61.2 Å². The second kappa shape index (κ2) is 9.98. The number of thioether (sulfide) groups is 1. The molecule has 0 saturated heterocycles. The van der Waals surface area contributed by atoms with Crippen molar-refractivity contribution in [3.63, 3.8) is 0 Å². The van der Waals surface area contributed by atoms with Crippen LogP contribution in [-0.2, 0) is 6.54 Å². The first-order valence-corrected chi connectivity index (χ1v) is 11.8. The predicted molar refractivity (Wildman–Crippen MR) is 128 cm³/mol.